The molecule has 0 saturated heterocycles. The highest BCUT2D eigenvalue weighted by atomic mass is 16.5. The van der Waals surface area contributed by atoms with E-state index in [9.17, 15) is 4.79 Å². The number of benzene rings is 2. The lowest BCUT2D eigenvalue weighted by atomic mass is 9.90. The van der Waals surface area contributed by atoms with Crippen molar-refractivity contribution in [2.45, 2.75) is 51.0 Å². The fourth-order valence-electron chi connectivity index (χ4n) is 3.78. The zero-order valence-corrected chi connectivity index (χ0v) is 17.3. The second-order valence-corrected chi connectivity index (χ2v) is 8.07. The molecule has 0 atom stereocenters. The molecule has 0 aliphatic heterocycles. The molecule has 4 N–H and O–H groups in total. The highest BCUT2D eigenvalue weighted by Crippen LogP contribution is 2.27. The number of carbonyl (C=O) groups is 1. The summed E-state index contributed by atoms with van der Waals surface area (Å²) in [6.45, 7) is 0.670. The number of rotatable bonds is 8. The number of nitrogens with two attached hydrogens (primary N) is 1. The smallest absolute Gasteiger partial charge is 0.258 e. The van der Waals surface area contributed by atoms with E-state index in [0.29, 0.717) is 24.3 Å². The maximum Gasteiger partial charge on any atom is 0.258 e. The molecule has 1 fully saturated rings. The summed E-state index contributed by atoms with van der Waals surface area (Å²) in [4.78, 5) is 16.2. The van der Waals surface area contributed by atoms with Crippen LogP contribution in [0.15, 0.2) is 47.5 Å². The van der Waals surface area contributed by atoms with Crippen LogP contribution in [-0.4, -0.2) is 31.1 Å². The minimum absolute atomic E-state index is 0.0569. The Labute approximate surface area is 177 Å². The van der Waals surface area contributed by atoms with Crippen molar-refractivity contribution >= 4 is 17.6 Å². The minimum atomic E-state index is -0.0569. The molecule has 0 aromatic heterocycles. The molecule has 0 spiro atoms. The van der Waals surface area contributed by atoms with Gasteiger partial charge in [0.1, 0.15) is 5.75 Å². The number of hydrogen-bond acceptors (Lipinski definition) is 3. The third-order valence-electron chi connectivity index (χ3n) is 5.58. The van der Waals surface area contributed by atoms with Gasteiger partial charge in [-0.25, -0.2) is 0 Å². The first-order valence-corrected chi connectivity index (χ1v) is 10.9. The van der Waals surface area contributed by atoms with E-state index in [-0.39, 0.29) is 12.5 Å². The summed E-state index contributed by atoms with van der Waals surface area (Å²) in [7, 11) is 0. The summed E-state index contributed by atoms with van der Waals surface area (Å²) < 4.78 is 5.54. The molecule has 1 amide bonds. The van der Waals surface area contributed by atoms with Crippen molar-refractivity contribution in [3.63, 3.8) is 0 Å². The second kappa shape index (κ2) is 9.65. The van der Waals surface area contributed by atoms with Crippen molar-refractivity contribution in [3.8, 4) is 5.75 Å². The zero-order valence-electron chi connectivity index (χ0n) is 17.3. The van der Waals surface area contributed by atoms with Crippen LogP contribution in [0.2, 0.25) is 0 Å². The Morgan fingerprint density at radius 3 is 2.70 bits per heavy atom. The summed E-state index contributed by atoms with van der Waals surface area (Å²) >= 11 is 0. The average molecular weight is 407 g/mol. The van der Waals surface area contributed by atoms with Crippen molar-refractivity contribution < 1.29 is 9.53 Å². The van der Waals surface area contributed by atoms with Gasteiger partial charge in [-0.2, -0.15) is 0 Å². The van der Waals surface area contributed by atoms with E-state index in [1.165, 1.54) is 24.0 Å². The van der Waals surface area contributed by atoms with Crippen LogP contribution in [0.1, 0.15) is 42.4 Å². The van der Waals surface area contributed by atoms with Crippen LogP contribution >= 0.6 is 0 Å². The van der Waals surface area contributed by atoms with Gasteiger partial charge in [0.15, 0.2) is 12.6 Å². The van der Waals surface area contributed by atoms with E-state index in [1.54, 1.807) is 0 Å². The fraction of sp³-hybridized carbons (Fsp3) is 0.417. The van der Waals surface area contributed by atoms with Crippen molar-refractivity contribution in [2.24, 2.45) is 10.7 Å². The first-order chi connectivity index (χ1) is 14.7. The lowest BCUT2D eigenvalue weighted by molar-refractivity contribution is -0.123. The highest BCUT2D eigenvalue weighted by molar-refractivity contribution is 5.93. The van der Waals surface area contributed by atoms with Crippen LogP contribution in [-0.2, 0) is 24.1 Å². The maximum atomic E-state index is 11.7. The lowest BCUT2D eigenvalue weighted by Crippen LogP contribution is -2.30. The number of carbonyl (C=O) groups excluding carboxylic acids is 1. The number of nitrogens with zero attached hydrogens (tertiary/aromatic N) is 1. The van der Waals surface area contributed by atoms with Crippen molar-refractivity contribution in [2.75, 3.05) is 18.5 Å². The molecular weight excluding hydrogens is 376 g/mol. The molecular formula is C24H30N4O2. The normalized spacial score (nSPS) is 15.9. The van der Waals surface area contributed by atoms with Gasteiger partial charge in [0.2, 0.25) is 0 Å². The molecule has 0 heterocycles. The molecule has 2 aliphatic rings. The Balaban J connectivity index is 1.23. The molecule has 6 heteroatoms. The molecule has 158 valence electrons. The Kier molecular flexibility index (Phi) is 6.52. The maximum absolute atomic E-state index is 11.7. The molecule has 0 radical (unpaired) electrons. The quantitative estimate of drug-likeness (QED) is 0.464. The summed E-state index contributed by atoms with van der Waals surface area (Å²) in [6, 6.07) is 14.5. The third-order valence-corrected chi connectivity index (χ3v) is 5.58. The molecule has 2 aromatic carbocycles. The number of ether oxygens (including phenoxy) is 1. The Bertz CT molecular complexity index is 904. The fourth-order valence-corrected chi connectivity index (χ4v) is 3.78. The van der Waals surface area contributed by atoms with E-state index in [1.807, 2.05) is 24.3 Å². The lowest BCUT2D eigenvalue weighted by Gasteiger charge is -2.19. The molecule has 2 aliphatic carbocycles. The summed E-state index contributed by atoms with van der Waals surface area (Å²) in [5.74, 6) is 1.09. The first kappa shape index (κ1) is 20.3. The van der Waals surface area contributed by atoms with Crippen molar-refractivity contribution in [3.05, 3.63) is 59.2 Å². The van der Waals surface area contributed by atoms with Gasteiger partial charge in [-0.3, -0.25) is 9.79 Å². The number of anilines is 1. The van der Waals surface area contributed by atoms with Crippen LogP contribution in [0.3, 0.4) is 0 Å². The van der Waals surface area contributed by atoms with Crippen LogP contribution in [0.5, 0.6) is 5.75 Å². The molecule has 4 rings (SSSR count). The number of aryl methyl sites for hydroxylation is 1. The van der Waals surface area contributed by atoms with Crippen LogP contribution < -0.4 is 21.1 Å². The van der Waals surface area contributed by atoms with Crippen LogP contribution in [0, 0.1) is 0 Å². The van der Waals surface area contributed by atoms with Crippen molar-refractivity contribution in [1.82, 2.24) is 5.32 Å². The summed E-state index contributed by atoms with van der Waals surface area (Å²) in [5, 5.41) is 6.19. The van der Waals surface area contributed by atoms with E-state index in [0.717, 1.165) is 43.4 Å². The molecule has 30 heavy (non-hydrogen) atoms. The van der Waals surface area contributed by atoms with Gasteiger partial charge in [-0.05, 0) is 79.8 Å². The predicted molar refractivity (Wildman–Crippen MR) is 120 cm³/mol. The Morgan fingerprint density at radius 1 is 1.10 bits per heavy atom. The molecule has 6 nitrogen and oxygen atoms in total. The first-order valence-electron chi connectivity index (χ1n) is 10.9. The molecule has 0 bridgehead atoms. The van der Waals surface area contributed by atoms with Gasteiger partial charge in [0, 0.05) is 18.3 Å². The minimum Gasteiger partial charge on any atom is -0.484 e. The summed E-state index contributed by atoms with van der Waals surface area (Å²) in [6.07, 6.45) is 7.69. The number of hydrogen-bond donors (Lipinski definition) is 3. The van der Waals surface area contributed by atoms with E-state index >= 15 is 0 Å². The summed E-state index contributed by atoms with van der Waals surface area (Å²) in [5.41, 5.74) is 11.2. The van der Waals surface area contributed by atoms with Gasteiger partial charge < -0.3 is 21.1 Å². The monoisotopic (exact) mass is 406 g/mol. The van der Waals surface area contributed by atoms with Gasteiger partial charge in [0.05, 0.1) is 0 Å². The van der Waals surface area contributed by atoms with Crippen LogP contribution in [0.25, 0.3) is 0 Å². The number of guanidine groups is 1. The highest BCUT2D eigenvalue weighted by Gasteiger charge is 2.23. The standard InChI is InChI=1S/C24H30N4O2/c25-24(28-22-7-3-5-18-4-1-2-6-21(18)22)26-15-14-17-8-12-20(13-9-17)30-16-23(29)27-19-10-11-19/h3,5,7-9,12-13,19H,1-2,4,6,10-11,14-16H2,(H,27,29)(H3,25,26,28). The number of aliphatic imine (C=N–C) groups is 1. The molecule has 2 aromatic rings. The number of amides is 1. The largest absolute Gasteiger partial charge is 0.484 e. The van der Waals surface area contributed by atoms with Crippen molar-refractivity contribution in [1.29, 1.82) is 0 Å². The van der Waals surface area contributed by atoms with Gasteiger partial charge in [-0.1, -0.05) is 24.3 Å². The van der Waals surface area contributed by atoms with E-state index in [4.69, 9.17) is 10.5 Å². The Hall–Kier alpha value is -3.02. The van der Waals surface area contributed by atoms with Gasteiger partial charge in [-0.15, -0.1) is 0 Å². The van der Waals surface area contributed by atoms with E-state index < -0.39 is 0 Å². The van der Waals surface area contributed by atoms with Gasteiger partial charge in [0.25, 0.3) is 5.91 Å². The number of fused-ring (bicyclic) bond motifs is 1. The second-order valence-electron chi connectivity index (χ2n) is 8.07. The van der Waals surface area contributed by atoms with Gasteiger partial charge >= 0.3 is 0 Å². The topological polar surface area (TPSA) is 88.7 Å². The average Bonchev–Trinajstić information content (AvgIpc) is 3.57. The number of nitrogens with one attached hydrogen (secondary N) is 2. The van der Waals surface area contributed by atoms with Crippen LogP contribution in [0.4, 0.5) is 5.69 Å². The van der Waals surface area contributed by atoms with E-state index in [2.05, 4.69) is 33.8 Å². The molecule has 1 saturated carbocycles. The predicted octanol–water partition coefficient (Wildman–Crippen LogP) is 3.19. The third kappa shape index (κ3) is 5.75. The zero-order chi connectivity index (χ0) is 20.8. The Morgan fingerprint density at radius 2 is 1.90 bits per heavy atom. The molecule has 0 unspecified atom stereocenters. The SMILES string of the molecule is NC(=NCCc1ccc(OCC(=O)NC2CC2)cc1)Nc1cccc2c1CCCC2.